The van der Waals surface area contributed by atoms with Gasteiger partial charge in [0, 0.05) is 36.2 Å². The molecule has 0 radical (unpaired) electrons. The Morgan fingerprint density at radius 3 is 2.53 bits per heavy atom. The molecule has 2 fully saturated rings. The van der Waals surface area contributed by atoms with Crippen molar-refractivity contribution in [2.24, 2.45) is 22.7 Å². The van der Waals surface area contributed by atoms with Gasteiger partial charge in [-0.1, -0.05) is 24.6 Å². The molecule has 0 aromatic carbocycles. The van der Waals surface area contributed by atoms with Gasteiger partial charge in [0.1, 0.15) is 6.10 Å². The van der Waals surface area contributed by atoms with Crippen molar-refractivity contribution in [2.45, 2.75) is 65.2 Å². The molecule has 0 spiro atoms. The number of hydrogen-bond donors (Lipinski definition) is 0. The summed E-state index contributed by atoms with van der Waals surface area (Å²) in [5.41, 5.74) is -2.45. The Kier molecular flexibility index (Phi) is 5.30. The maximum Gasteiger partial charge on any atom is 0.303 e. The number of carbonyl (C=O) groups is 4. The molecule has 0 aromatic heterocycles. The molecule has 6 nitrogen and oxygen atoms in total. The number of hydrogen-bond acceptors (Lipinski definition) is 6. The van der Waals surface area contributed by atoms with E-state index >= 15 is 4.39 Å². The normalized spacial score (nSPS) is 39.8. The van der Waals surface area contributed by atoms with Gasteiger partial charge in [-0.3, -0.25) is 19.2 Å². The lowest BCUT2D eigenvalue weighted by Crippen LogP contribution is -2.67. The molecule has 0 saturated heterocycles. The lowest BCUT2D eigenvalue weighted by molar-refractivity contribution is -0.206. The van der Waals surface area contributed by atoms with Crippen LogP contribution in [0.2, 0.25) is 0 Å². The molecular formula is C25H29FO6. The van der Waals surface area contributed by atoms with Crippen molar-refractivity contribution in [2.75, 3.05) is 6.61 Å². The minimum Gasteiger partial charge on any atom is -0.459 e. The van der Waals surface area contributed by atoms with Crippen LogP contribution in [-0.2, 0) is 28.7 Å². The van der Waals surface area contributed by atoms with Crippen LogP contribution < -0.4 is 0 Å². The number of esters is 2. The SMILES string of the molecule is CC(=O)OCC(=O)C1=CC[C@@H]2[C@@H]3CCC4=CC(=O)C=C[C@]4(C)[C@@]3(F)[C@H](OC(C)=O)C[C@]12C. The predicted octanol–water partition coefficient (Wildman–Crippen LogP) is 3.60. The molecule has 0 aromatic rings. The molecule has 0 bridgehead atoms. The average molecular weight is 444 g/mol. The summed E-state index contributed by atoms with van der Waals surface area (Å²) in [5, 5.41) is 0. The van der Waals surface area contributed by atoms with Crippen LogP contribution in [0.5, 0.6) is 0 Å². The van der Waals surface area contributed by atoms with Gasteiger partial charge in [-0.2, -0.15) is 0 Å². The third-order valence-corrected chi connectivity index (χ3v) is 8.21. The first-order valence-corrected chi connectivity index (χ1v) is 11.1. The fourth-order valence-corrected chi connectivity index (χ4v) is 6.75. The van der Waals surface area contributed by atoms with E-state index < -0.39 is 40.5 Å². The van der Waals surface area contributed by atoms with Crippen LogP contribution in [0.25, 0.3) is 0 Å². The molecule has 4 aliphatic rings. The Morgan fingerprint density at radius 1 is 1.16 bits per heavy atom. The van der Waals surface area contributed by atoms with E-state index in [2.05, 4.69) is 0 Å². The number of allylic oxidation sites excluding steroid dienone is 5. The second-order valence-corrected chi connectivity index (χ2v) is 9.90. The lowest BCUT2D eigenvalue weighted by atomic mass is 9.45. The molecule has 0 amide bonds. The first-order valence-electron chi connectivity index (χ1n) is 11.1. The van der Waals surface area contributed by atoms with E-state index in [-0.39, 0.29) is 30.5 Å². The van der Waals surface area contributed by atoms with Gasteiger partial charge in [0.25, 0.3) is 0 Å². The highest BCUT2D eigenvalue weighted by Crippen LogP contribution is 2.68. The van der Waals surface area contributed by atoms with E-state index in [1.54, 1.807) is 13.0 Å². The summed E-state index contributed by atoms with van der Waals surface area (Å²) in [6, 6.07) is 0. The Morgan fingerprint density at radius 2 is 1.88 bits per heavy atom. The number of carbonyl (C=O) groups excluding carboxylic acids is 4. The third-order valence-electron chi connectivity index (χ3n) is 8.21. The summed E-state index contributed by atoms with van der Waals surface area (Å²) in [6.07, 6.45) is 7.03. The number of ether oxygens (including phenoxy) is 2. The molecule has 4 rings (SSSR count). The van der Waals surface area contributed by atoms with Crippen LogP contribution in [0.4, 0.5) is 4.39 Å². The Labute approximate surface area is 186 Å². The van der Waals surface area contributed by atoms with E-state index in [1.165, 1.54) is 26.0 Å². The molecule has 0 unspecified atom stereocenters. The first-order chi connectivity index (χ1) is 14.9. The third kappa shape index (κ3) is 3.11. The zero-order valence-electron chi connectivity index (χ0n) is 18.9. The topological polar surface area (TPSA) is 86.7 Å². The summed E-state index contributed by atoms with van der Waals surface area (Å²) >= 11 is 0. The van der Waals surface area contributed by atoms with Crippen molar-refractivity contribution in [3.8, 4) is 0 Å². The Hall–Kier alpha value is -2.57. The Balaban J connectivity index is 1.76. The molecule has 7 heteroatoms. The first kappa shape index (κ1) is 22.6. The van der Waals surface area contributed by atoms with Crippen LogP contribution in [0.3, 0.4) is 0 Å². The zero-order chi connectivity index (χ0) is 23.5. The minimum absolute atomic E-state index is 0.145. The van der Waals surface area contributed by atoms with Gasteiger partial charge in [0.2, 0.25) is 0 Å². The van der Waals surface area contributed by atoms with Crippen LogP contribution in [-0.4, -0.2) is 41.9 Å². The van der Waals surface area contributed by atoms with Crippen molar-refractivity contribution in [3.63, 3.8) is 0 Å². The van der Waals surface area contributed by atoms with Gasteiger partial charge >= 0.3 is 11.9 Å². The number of ketones is 2. The number of rotatable bonds is 4. The number of halogens is 1. The van der Waals surface area contributed by atoms with Gasteiger partial charge in [0.15, 0.2) is 23.8 Å². The molecular weight excluding hydrogens is 415 g/mol. The number of fused-ring (bicyclic) bond motifs is 5. The molecule has 32 heavy (non-hydrogen) atoms. The molecule has 6 atom stereocenters. The van der Waals surface area contributed by atoms with E-state index in [0.29, 0.717) is 24.8 Å². The van der Waals surface area contributed by atoms with Crippen LogP contribution in [0, 0.1) is 22.7 Å². The zero-order valence-corrected chi connectivity index (χ0v) is 18.9. The van der Waals surface area contributed by atoms with Crippen LogP contribution in [0.1, 0.15) is 53.4 Å². The van der Waals surface area contributed by atoms with Crippen LogP contribution >= 0.6 is 0 Å². The maximum atomic E-state index is 17.4. The minimum atomic E-state index is -1.91. The van der Waals surface area contributed by atoms with Gasteiger partial charge < -0.3 is 9.47 Å². The van der Waals surface area contributed by atoms with Crippen molar-refractivity contribution >= 4 is 23.5 Å². The monoisotopic (exact) mass is 444 g/mol. The van der Waals surface area contributed by atoms with Gasteiger partial charge in [-0.15, -0.1) is 0 Å². The molecule has 0 N–H and O–H groups in total. The standard InChI is InChI=1S/C25H29FO6/c1-14(27)31-13-21(30)20-8-7-18-19-6-5-16-11-17(29)9-10-24(16,4)25(19,26)22(32-15(2)28)12-23(18,20)3/h8-11,18-19,22H,5-7,12-13H2,1-4H3/t18-,19+,22-,23+,24+,25+/m1/s1. The van der Waals surface area contributed by atoms with Crippen molar-refractivity contribution in [1.29, 1.82) is 0 Å². The molecule has 0 heterocycles. The second-order valence-electron chi connectivity index (χ2n) is 9.90. The van der Waals surface area contributed by atoms with E-state index in [9.17, 15) is 19.2 Å². The number of alkyl halides is 1. The van der Waals surface area contributed by atoms with Gasteiger partial charge in [0.05, 0.1) is 0 Å². The van der Waals surface area contributed by atoms with Gasteiger partial charge in [-0.25, -0.2) is 4.39 Å². The summed E-state index contributed by atoms with van der Waals surface area (Å²) in [4.78, 5) is 48.1. The molecule has 172 valence electrons. The highest BCUT2D eigenvalue weighted by Gasteiger charge is 2.71. The second kappa shape index (κ2) is 7.49. The van der Waals surface area contributed by atoms with E-state index in [0.717, 1.165) is 5.57 Å². The van der Waals surface area contributed by atoms with E-state index in [1.807, 2.05) is 13.0 Å². The quantitative estimate of drug-likeness (QED) is 0.616. The predicted molar refractivity (Wildman–Crippen MR) is 113 cm³/mol. The fourth-order valence-electron chi connectivity index (χ4n) is 6.75. The smallest absolute Gasteiger partial charge is 0.303 e. The van der Waals surface area contributed by atoms with Crippen molar-refractivity contribution in [1.82, 2.24) is 0 Å². The van der Waals surface area contributed by atoms with Gasteiger partial charge in [-0.05, 0) is 50.7 Å². The van der Waals surface area contributed by atoms with E-state index in [4.69, 9.17) is 9.47 Å². The average Bonchev–Trinajstić information content (AvgIpc) is 3.04. The molecule has 0 aliphatic heterocycles. The fraction of sp³-hybridized carbons (Fsp3) is 0.600. The lowest BCUT2D eigenvalue weighted by Gasteiger charge is -2.62. The molecule has 2 saturated carbocycles. The number of Topliss-reactive ketones (excluding diaryl/α,β-unsaturated/α-hetero) is 1. The van der Waals surface area contributed by atoms with Crippen molar-refractivity contribution < 1.29 is 33.0 Å². The maximum absolute atomic E-state index is 17.4. The highest BCUT2D eigenvalue weighted by atomic mass is 19.1. The van der Waals surface area contributed by atoms with Crippen LogP contribution in [0.15, 0.2) is 35.5 Å². The molecule has 4 aliphatic carbocycles. The summed E-state index contributed by atoms with van der Waals surface area (Å²) in [6.45, 7) is 5.84. The Bertz CT molecular complexity index is 992. The van der Waals surface area contributed by atoms with Crippen molar-refractivity contribution in [3.05, 3.63) is 35.5 Å². The summed E-state index contributed by atoms with van der Waals surface area (Å²) in [7, 11) is 0. The summed E-state index contributed by atoms with van der Waals surface area (Å²) < 4.78 is 28.0. The largest absolute Gasteiger partial charge is 0.459 e. The highest BCUT2D eigenvalue weighted by molar-refractivity contribution is 6.01. The summed E-state index contributed by atoms with van der Waals surface area (Å²) in [5.74, 6) is -2.23.